The van der Waals surface area contributed by atoms with E-state index in [1.54, 1.807) is 12.1 Å². The lowest BCUT2D eigenvalue weighted by Crippen LogP contribution is -2.13. The van der Waals surface area contributed by atoms with Gasteiger partial charge in [0.05, 0.1) is 0 Å². The minimum atomic E-state index is -0.387. The summed E-state index contributed by atoms with van der Waals surface area (Å²) < 4.78 is 18.9. The molecule has 1 aromatic heterocycles. The van der Waals surface area contributed by atoms with Gasteiger partial charge in [-0.05, 0) is 23.2 Å². The highest BCUT2D eigenvalue weighted by Gasteiger charge is 2.09. The maximum absolute atomic E-state index is 13.9. The Morgan fingerprint density at radius 3 is 2.95 bits per heavy atom. The van der Waals surface area contributed by atoms with Gasteiger partial charge in [0.2, 0.25) is 0 Å². The van der Waals surface area contributed by atoms with Crippen molar-refractivity contribution in [3.63, 3.8) is 0 Å². The van der Waals surface area contributed by atoms with Gasteiger partial charge in [0.15, 0.2) is 10.2 Å². The van der Waals surface area contributed by atoms with E-state index in [1.165, 1.54) is 29.4 Å². The number of oxime groups is 1. The zero-order valence-electron chi connectivity index (χ0n) is 10.7. The second-order valence-corrected chi connectivity index (χ2v) is 5.88. The molecule has 1 aromatic carbocycles. The molecule has 5 nitrogen and oxygen atoms in total. The number of aryl methyl sites for hydroxylation is 1. The fourth-order valence-electron chi connectivity index (χ4n) is 1.46. The zero-order valence-corrected chi connectivity index (χ0v) is 12.3. The summed E-state index contributed by atoms with van der Waals surface area (Å²) in [7, 11) is 0. The highest BCUT2D eigenvalue weighted by molar-refractivity contribution is 8.00. The summed E-state index contributed by atoms with van der Waals surface area (Å²) in [6.45, 7) is 1.99. The molecule has 0 spiro atoms. The first-order valence-corrected chi connectivity index (χ1v) is 7.61. The fourth-order valence-corrected chi connectivity index (χ4v) is 3.14. The van der Waals surface area contributed by atoms with Crippen molar-refractivity contribution in [2.45, 2.75) is 23.4 Å². The maximum Gasteiger partial charge on any atom is 0.170 e. The summed E-state index contributed by atoms with van der Waals surface area (Å²) in [5, 5.41) is 11.4. The Morgan fingerprint density at radius 2 is 2.35 bits per heavy atom. The van der Waals surface area contributed by atoms with E-state index in [-0.39, 0.29) is 11.7 Å². The van der Waals surface area contributed by atoms with Gasteiger partial charge in [0.1, 0.15) is 11.6 Å². The van der Waals surface area contributed by atoms with E-state index >= 15 is 0 Å². The molecule has 106 valence electrons. The van der Waals surface area contributed by atoms with Crippen LogP contribution in [0.3, 0.4) is 0 Å². The first-order valence-electron chi connectivity index (χ1n) is 5.85. The van der Waals surface area contributed by atoms with Crippen molar-refractivity contribution >= 4 is 29.1 Å². The topological polar surface area (TPSA) is 84.4 Å². The van der Waals surface area contributed by atoms with E-state index in [9.17, 15) is 4.39 Å². The van der Waals surface area contributed by atoms with E-state index in [4.69, 9.17) is 10.9 Å². The Bertz CT molecular complexity index is 630. The van der Waals surface area contributed by atoms with Crippen molar-refractivity contribution in [1.29, 1.82) is 0 Å². The molecule has 1 heterocycles. The largest absolute Gasteiger partial charge is 0.409 e. The Hall–Kier alpha value is -1.67. The molecule has 0 atom stereocenters. The Morgan fingerprint density at radius 1 is 1.55 bits per heavy atom. The summed E-state index contributed by atoms with van der Waals surface area (Å²) in [6.07, 6.45) is 0.792. The lowest BCUT2D eigenvalue weighted by molar-refractivity contribution is 0.318. The van der Waals surface area contributed by atoms with Crippen LogP contribution in [0.4, 0.5) is 4.39 Å². The molecule has 0 saturated carbocycles. The quantitative estimate of drug-likeness (QED) is 0.291. The van der Waals surface area contributed by atoms with Crippen LogP contribution in [0.25, 0.3) is 0 Å². The molecule has 0 saturated heterocycles. The van der Waals surface area contributed by atoms with Crippen LogP contribution < -0.4 is 5.73 Å². The Balaban J connectivity index is 2.06. The van der Waals surface area contributed by atoms with Gasteiger partial charge in [-0.2, -0.15) is 4.37 Å². The second-order valence-electron chi connectivity index (χ2n) is 3.91. The van der Waals surface area contributed by atoms with Gasteiger partial charge in [-0.25, -0.2) is 9.37 Å². The van der Waals surface area contributed by atoms with Gasteiger partial charge < -0.3 is 10.9 Å². The van der Waals surface area contributed by atoms with Crippen molar-refractivity contribution in [1.82, 2.24) is 9.36 Å². The number of benzene rings is 1. The number of amidine groups is 1. The number of halogens is 1. The SMILES string of the molecule is CCc1nsc(SCc2ccc(/C(N)=N/O)cc2F)n1. The predicted octanol–water partition coefficient (Wildman–Crippen LogP) is 2.63. The average Bonchev–Trinajstić information content (AvgIpc) is 2.93. The van der Waals surface area contributed by atoms with Crippen LogP contribution in [-0.2, 0) is 12.2 Å². The van der Waals surface area contributed by atoms with Crippen LogP contribution in [0.2, 0.25) is 0 Å². The molecule has 0 amide bonds. The van der Waals surface area contributed by atoms with Gasteiger partial charge in [0, 0.05) is 17.7 Å². The number of hydrogen-bond donors (Lipinski definition) is 2. The molecule has 0 fully saturated rings. The second kappa shape index (κ2) is 6.67. The summed E-state index contributed by atoms with van der Waals surface area (Å²) >= 11 is 2.76. The molecular formula is C12H13FN4OS2. The standard InChI is InChI=1S/C12H13FN4OS2/c1-2-10-15-12(20-17-10)19-6-8-4-3-7(5-9(8)13)11(14)16-18/h3-5,18H,2,6H2,1H3,(H2,14,16). The van der Waals surface area contributed by atoms with Crippen molar-refractivity contribution in [3.8, 4) is 0 Å². The zero-order chi connectivity index (χ0) is 14.5. The highest BCUT2D eigenvalue weighted by Crippen LogP contribution is 2.26. The molecule has 0 aliphatic heterocycles. The summed E-state index contributed by atoms with van der Waals surface area (Å²) in [4.78, 5) is 4.31. The van der Waals surface area contributed by atoms with Crippen molar-refractivity contribution in [3.05, 3.63) is 41.0 Å². The number of aromatic nitrogens is 2. The van der Waals surface area contributed by atoms with Crippen LogP contribution in [-0.4, -0.2) is 20.4 Å². The third-order valence-electron chi connectivity index (χ3n) is 2.57. The summed E-state index contributed by atoms with van der Waals surface area (Å²) in [5.41, 5.74) is 6.30. The van der Waals surface area contributed by atoms with Crippen molar-refractivity contribution in [2.24, 2.45) is 10.9 Å². The molecule has 3 N–H and O–H groups in total. The normalized spacial score (nSPS) is 11.8. The van der Waals surface area contributed by atoms with Crippen molar-refractivity contribution < 1.29 is 9.60 Å². The molecule has 2 aromatic rings. The molecule has 20 heavy (non-hydrogen) atoms. The van der Waals surface area contributed by atoms with E-state index in [1.807, 2.05) is 6.92 Å². The van der Waals surface area contributed by atoms with Crippen molar-refractivity contribution in [2.75, 3.05) is 0 Å². The average molecular weight is 312 g/mol. The number of nitrogens with two attached hydrogens (primary N) is 1. The minimum Gasteiger partial charge on any atom is -0.409 e. The first-order chi connectivity index (χ1) is 9.63. The first kappa shape index (κ1) is 14.7. The molecule has 0 unspecified atom stereocenters. The van der Waals surface area contributed by atoms with E-state index < -0.39 is 0 Å². The van der Waals surface area contributed by atoms with Crippen LogP contribution in [0.15, 0.2) is 27.7 Å². The van der Waals surface area contributed by atoms with Crippen LogP contribution >= 0.6 is 23.3 Å². The molecule has 0 bridgehead atoms. The third-order valence-corrected chi connectivity index (χ3v) is 4.49. The Kier molecular flexibility index (Phi) is 4.91. The van der Waals surface area contributed by atoms with Gasteiger partial charge in [-0.15, -0.1) is 0 Å². The monoisotopic (exact) mass is 312 g/mol. The van der Waals surface area contributed by atoms with Crippen LogP contribution in [0, 0.1) is 5.82 Å². The fraction of sp³-hybridized carbons (Fsp3) is 0.250. The minimum absolute atomic E-state index is 0.111. The van der Waals surface area contributed by atoms with E-state index in [0.717, 1.165) is 16.6 Å². The molecule has 8 heteroatoms. The van der Waals surface area contributed by atoms with E-state index in [2.05, 4.69) is 14.5 Å². The lowest BCUT2D eigenvalue weighted by atomic mass is 10.1. The predicted molar refractivity (Wildman–Crippen MR) is 77.8 cm³/mol. The molecule has 0 aliphatic rings. The van der Waals surface area contributed by atoms with Gasteiger partial charge in [-0.3, -0.25) is 0 Å². The maximum atomic E-state index is 13.9. The van der Waals surface area contributed by atoms with Gasteiger partial charge >= 0.3 is 0 Å². The van der Waals surface area contributed by atoms with E-state index in [0.29, 0.717) is 16.9 Å². The third kappa shape index (κ3) is 3.45. The highest BCUT2D eigenvalue weighted by atomic mass is 32.2. The molecule has 0 radical (unpaired) electrons. The van der Waals surface area contributed by atoms with Gasteiger partial charge in [0.25, 0.3) is 0 Å². The Labute approximate surface area is 123 Å². The molecule has 0 aliphatic carbocycles. The van der Waals surface area contributed by atoms with Crippen LogP contribution in [0.1, 0.15) is 23.9 Å². The smallest absolute Gasteiger partial charge is 0.170 e. The number of thioether (sulfide) groups is 1. The summed E-state index contributed by atoms with van der Waals surface area (Å²) in [6, 6.07) is 4.49. The number of nitrogens with zero attached hydrogens (tertiary/aromatic N) is 3. The van der Waals surface area contributed by atoms with Gasteiger partial charge in [-0.1, -0.05) is 36.0 Å². The molecular weight excluding hydrogens is 299 g/mol. The number of rotatable bonds is 5. The summed E-state index contributed by atoms with van der Waals surface area (Å²) in [5.74, 6) is 0.766. The lowest BCUT2D eigenvalue weighted by Gasteiger charge is -2.04. The number of hydrogen-bond acceptors (Lipinski definition) is 6. The molecule has 2 rings (SSSR count). The van der Waals surface area contributed by atoms with Crippen LogP contribution in [0.5, 0.6) is 0 Å².